The summed E-state index contributed by atoms with van der Waals surface area (Å²) in [6.07, 6.45) is 5.36. The third-order valence-electron chi connectivity index (χ3n) is 4.83. The highest BCUT2D eigenvalue weighted by atomic mass is 127. The van der Waals surface area contributed by atoms with Crippen LogP contribution in [0.2, 0.25) is 0 Å². The molecule has 3 rings (SSSR count). The lowest BCUT2D eigenvalue weighted by atomic mass is 10.2. The van der Waals surface area contributed by atoms with Crippen LogP contribution in [0.1, 0.15) is 35.9 Å². The molecule has 1 N–H and O–H groups in total. The lowest BCUT2D eigenvalue weighted by molar-refractivity contribution is 0.0657. The molecule has 0 saturated carbocycles. The average molecular weight is 527 g/mol. The van der Waals surface area contributed by atoms with Crippen LogP contribution in [0.3, 0.4) is 0 Å². The minimum Gasteiger partial charge on any atom is -0.477 e. The number of unbranched alkanes of at least 4 members (excludes halogenated alkanes) is 1. The Hall–Kier alpha value is -2.30. The zero-order chi connectivity index (χ0) is 20.5. The molecule has 9 heteroatoms. The molecule has 1 fully saturated rings. The number of hydrogen-bond acceptors (Lipinski definition) is 5. The molecule has 1 amide bonds. The predicted molar refractivity (Wildman–Crippen MR) is 126 cm³/mol. The summed E-state index contributed by atoms with van der Waals surface area (Å²) in [5, 5.41) is 3.39. The fourth-order valence-corrected chi connectivity index (χ4v) is 3.19. The Kier molecular flexibility index (Phi) is 9.92. The zero-order valence-corrected chi connectivity index (χ0v) is 19.9. The maximum absolute atomic E-state index is 12.4. The minimum atomic E-state index is -0.0678. The lowest BCUT2D eigenvalue weighted by Gasteiger charge is -2.36. The van der Waals surface area contributed by atoms with Gasteiger partial charge in [-0.2, -0.15) is 0 Å². The van der Waals surface area contributed by atoms with Gasteiger partial charge >= 0.3 is 0 Å². The van der Waals surface area contributed by atoms with Crippen LogP contribution in [0.4, 0.5) is 0 Å². The molecule has 1 saturated heterocycles. The van der Waals surface area contributed by atoms with Crippen LogP contribution in [0.25, 0.3) is 0 Å². The number of rotatable bonds is 7. The Bertz CT molecular complexity index is 805. The van der Waals surface area contributed by atoms with Crippen LogP contribution < -0.4 is 10.1 Å². The first-order valence-corrected chi connectivity index (χ1v) is 10.1. The monoisotopic (exact) mass is 527 g/mol. The standard InChI is InChI=1S/C21H29N5O3.HI/c1-3-4-14-29-19-17(7-5-9-23-19)16-24-21(22-2)26-12-10-25(11-13-26)20(27)18-8-6-15-28-18;/h5-9,15H,3-4,10-14,16H2,1-2H3,(H,22,24);1H. The van der Waals surface area contributed by atoms with Gasteiger partial charge in [0, 0.05) is 51.5 Å². The van der Waals surface area contributed by atoms with Crippen molar-refractivity contribution in [1.29, 1.82) is 0 Å². The van der Waals surface area contributed by atoms with E-state index in [4.69, 9.17) is 9.15 Å². The molecular weight excluding hydrogens is 497 g/mol. The molecule has 0 spiro atoms. The fourth-order valence-electron chi connectivity index (χ4n) is 3.19. The topological polar surface area (TPSA) is 83.2 Å². The van der Waals surface area contributed by atoms with Crippen molar-refractivity contribution in [3.63, 3.8) is 0 Å². The molecule has 0 unspecified atom stereocenters. The number of carbonyl (C=O) groups is 1. The van der Waals surface area contributed by atoms with Gasteiger partial charge in [0.05, 0.1) is 12.9 Å². The van der Waals surface area contributed by atoms with E-state index in [1.54, 1.807) is 25.4 Å². The van der Waals surface area contributed by atoms with E-state index in [-0.39, 0.29) is 29.9 Å². The summed E-state index contributed by atoms with van der Waals surface area (Å²) >= 11 is 0. The molecule has 0 radical (unpaired) electrons. The normalized spacial score (nSPS) is 14.3. The molecule has 0 aromatic carbocycles. The predicted octanol–water partition coefficient (Wildman–Crippen LogP) is 3.00. The molecule has 0 bridgehead atoms. The first-order chi connectivity index (χ1) is 14.2. The van der Waals surface area contributed by atoms with E-state index in [2.05, 4.69) is 27.1 Å². The maximum atomic E-state index is 12.4. The number of nitrogens with one attached hydrogen (secondary N) is 1. The molecule has 3 heterocycles. The molecule has 0 aliphatic carbocycles. The van der Waals surface area contributed by atoms with Crippen LogP contribution in [-0.4, -0.2) is 66.5 Å². The Labute approximate surface area is 194 Å². The Morgan fingerprint density at radius 2 is 2.00 bits per heavy atom. The highest BCUT2D eigenvalue weighted by molar-refractivity contribution is 14.0. The number of hydrogen-bond donors (Lipinski definition) is 1. The van der Waals surface area contributed by atoms with Crippen molar-refractivity contribution in [2.24, 2.45) is 4.99 Å². The molecule has 2 aromatic heterocycles. The van der Waals surface area contributed by atoms with Crippen molar-refractivity contribution >= 4 is 35.8 Å². The van der Waals surface area contributed by atoms with Crippen LogP contribution in [0.5, 0.6) is 5.88 Å². The zero-order valence-electron chi connectivity index (χ0n) is 17.5. The summed E-state index contributed by atoms with van der Waals surface area (Å²) in [4.78, 5) is 25.1. The number of pyridine rings is 1. The van der Waals surface area contributed by atoms with Crippen LogP contribution in [0, 0.1) is 0 Å². The van der Waals surface area contributed by atoms with Crippen molar-refractivity contribution in [2.75, 3.05) is 39.8 Å². The molecule has 1 aliphatic heterocycles. The SMILES string of the molecule is CCCCOc1ncccc1CNC(=NC)N1CCN(C(=O)c2ccco2)CC1.I. The van der Waals surface area contributed by atoms with Crippen molar-refractivity contribution < 1.29 is 13.9 Å². The fraction of sp³-hybridized carbons (Fsp3) is 0.476. The summed E-state index contributed by atoms with van der Waals surface area (Å²) in [5.41, 5.74) is 0.997. The Morgan fingerprint density at radius 1 is 1.23 bits per heavy atom. The number of carbonyl (C=O) groups excluding carboxylic acids is 1. The van der Waals surface area contributed by atoms with E-state index in [0.29, 0.717) is 51.0 Å². The van der Waals surface area contributed by atoms with E-state index in [1.807, 2.05) is 17.0 Å². The third kappa shape index (κ3) is 6.35. The van der Waals surface area contributed by atoms with E-state index in [9.17, 15) is 4.79 Å². The molecule has 1 aliphatic rings. The van der Waals surface area contributed by atoms with E-state index >= 15 is 0 Å². The van der Waals surface area contributed by atoms with Gasteiger partial charge in [-0.25, -0.2) is 4.98 Å². The summed E-state index contributed by atoms with van der Waals surface area (Å²) < 4.78 is 11.0. The van der Waals surface area contributed by atoms with Gasteiger partial charge in [0.25, 0.3) is 5.91 Å². The van der Waals surface area contributed by atoms with Gasteiger partial charge in [0.2, 0.25) is 5.88 Å². The largest absolute Gasteiger partial charge is 0.477 e. The van der Waals surface area contributed by atoms with Crippen molar-refractivity contribution in [3.05, 3.63) is 48.0 Å². The van der Waals surface area contributed by atoms with Crippen LogP contribution >= 0.6 is 24.0 Å². The number of ether oxygens (including phenoxy) is 1. The summed E-state index contributed by atoms with van der Waals surface area (Å²) in [6, 6.07) is 7.34. The lowest BCUT2D eigenvalue weighted by Crippen LogP contribution is -2.53. The number of guanidine groups is 1. The van der Waals surface area contributed by atoms with Crippen LogP contribution in [-0.2, 0) is 6.54 Å². The highest BCUT2D eigenvalue weighted by Crippen LogP contribution is 2.15. The first kappa shape index (κ1) is 24.0. The highest BCUT2D eigenvalue weighted by Gasteiger charge is 2.25. The average Bonchev–Trinajstić information content (AvgIpc) is 3.30. The Morgan fingerprint density at radius 3 is 2.67 bits per heavy atom. The first-order valence-electron chi connectivity index (χ1n) is 10.1. The van der Waals surface area contributed by atoms with Gasteiger partial charge < -0.3 is 24.3 Å². The van der Waals surface area contributed by atoms with Crippen LogP contribution in [0.15, 0.2) is 46.1 Å². The number of aromatic nitrogens is 1. The Balaban J connectivity index is 0.00000320. The smallest absolute Gasteiger partial charge is 0.289 e. The second kappa shape index (κ2) is 12.4. The van der Waals surface area contributed by atoms with Gasteiger partial charge in [-0.15, -0.1) is 24.0 Å². The van der Waals surface area contributed by atoms with Gasteiger partial charge in [0.15, 0.2) is 11.7 Å². The molecular formula is C21H30IN5O3. The third-order valence-corrected chi connectivity index (χ3v) is 4.83. The van der Waals surface area contributed by atoms with Gasteiger partial charge in [-0.3, -0.25) is 9.79 Å². The van der Waals surface area contributed by atoms with Crippen molar-refractivity contribution in [3.8, 4) is 5.88 Å². The van der Waals surface area contributed by atoms with E-state index < -0.39 is 0 Å². The van der Waals surface area contributed by atoms with Crippen molar-refractivity contribution in [2.45, 2.75) is 26.3 Å². The van der Waals surface area contributed by atoms with E-state index in [1.165, 1.54) is 6.26 Å². The molecule has 2 aromatic rings. The number of furan rings is 1. The number of nitrogens with zero attached hydrogens (tertiary/aromatic N) is 4. The number of halogens is 1. The van der Waals surface area contributed by atoms with Gasteiger partial charge in [-0.1, -0.05) is 19.4 Å². The number of aliphatic imine (C=N–C) groups is 1. The second-order valence-electron chi connectivity index (χ2n) is 6.83. The molecule has 30 heavy (non-hydrogen) atoms. The maximum Gasteiger partial charge on any atom is 0.289 e. The number of piperazine rings is 1. The minimum absolute atomic E-state index is 0. The van der Waals surface area contributed by atoms with Crippen molar-refractivity contribution in [1.82, 2.24) is 20.1 Å². The van der Waals surface area contributed by atoms with Gasteiger partial charge in [0.1, 0.15) is 0 Å². The second-order valence-corrected chi connectivity index (χ2v) is 6.83. The summed E-state index contributed by atoms with van der Waals surface area (Å²) in [6.45, 7) is 6.04. The molecule has 164 valence electrons. The van der Waals surface area contributed by atoms with Gasteiger partial charge in [-0.05, 0) is 24.6 Å². The molecule has 0 atom stereocenters. The van der Waals surface area contributed by atoms with E-state index in [0.717, 1.165) is 24.4 Å². The number of amides is 1. The quantitative estimate of drug-likeness (QED) is 0.258. The molecule has 8 nitrogen and oxygen atoms in total. The summed E-state index contributed by atoms with van der Waals surface area (Å²) in [5.74, 6) is 1.78. The summed E-state index contributed by atoms with van der Waals surface area (Å²) in [7, 11) is 1.77.